The summed E-state index contributed by atoms with van der Waals surface area (Å²) >= 11 is 5.91. The summed E-state index contributed by atoms with van der Waals surface area (Å²) in [6, 6.07) is 16.8. The third-order valence-corrected chi connectivity index (χ3v) is 4.41. The topological polar surface area (TPSA) is 49.4 Å². The van der Waals surface area contributed by atoms with E-state index in [0.29, 0.717) is 23.7 Å². The van der Waals surface area contributed by atoms with E-state index in [-0.39, 0.29) is 23.7 Å². The first kappa shape index (κ1) is 16.5. The number of carbonyl (C=O) groups excluding carboxylic acids is 2. The fourth-order valence-electron chi connectivity index (χ4n) is 2.78. The van der Waals surface area contributed by atoms with E-state index in [1.165, 1.54) is 0 Å². The largest absolute Gasteiger partial charge is 0.341 e. The van der Waals surface area contributed by atoms with Crippen LogP contribution in [0.2, 0.25) is 5.02 Å². The Hall–Kier alpha value is -2.33. The average molecular weight is 343 g/mol. The highest BCUT2D eigenvalue weighted by atomic mass is 35.5. The Labute approximate surface area is 146 Å². The lowest BCUT2D eigenvalue weighted by Gasteiger charge is -2.17. The number of nitrogens with zero attached hydrogens (tertiary/aromatic N) is 1. The van der Waals surface area contributed by atoms with E-state index >= 15 is 0 Å². The summed E-state index contributed by atoms with van der Waals surface area (Å²) in [6.07, 6.45) is 0.602. The van der Waals surface area contributed by atoms with E-state index < -0.39 is 0 Å². The lowest BCUT2D eigenvalue weighted by Crippen LogP contribution is -2.29. The second-order valence-corrected chi connectivity index (χ2v) is 6.56. The number of amides is 2. The third-order valence-electron chi connectivity index (χ3n) is 4.18. The first-order valence-corrected chi connectivity index (χ1v) is 8.28. The Morgan fingerprint density at radius 3 is 2.58 bits per heavy atom. The molecule has 5 heteroatoms. The maximum Gasteiger partial charge on any atom is 0.228 e. The number of benzene rings is 2. The van der Waals surface area contributed by atoms with Gasteiger partial charge in [0.1, 0.15) is 0 Å². The van der Waals surface area contributed by atoms with Crippen molar-refractivity contribution in [3.63, 3.8) is 0 Å². The number of halogens is 1. The Kier molecular flexibility index (Phi) is 4.86. The Morgan fingerprint density at radius 1 is 1.12 bits per heavy atom. The van der Waals surface area contributed by atoms with Crippen molar-refractivity contribution < 1.29 is 9.59 Å². The SMILES string of the molecule is CN(Cc1ccccc1)C(=O)C1CC1C(=O)Nc1cccc(Cl)c1. The summed E-state index contributed by atoms with van der Waals surface area (Å²) in [5.41, 5.74) is 1.73. The van der Waals surface area contributed by atoms with Crippen LogP contribution in [0.3, 0.4) is 0 Å². The highest BCUT2D eigenvalue weighted by Crippen LogP contribution is 2.41. The minimum atomic E-state index is -0.255. The maximum absolute atomic E-state index is 12.5. The molecule has 1 N–H and O–H groups in total. The second kappa shape index (κ2) is 7.05. The molecule has 2 aromatic rings. The van der Waals surface area contributed by atoms with Gasteiger partial charge in [-0.2, -0.15) is 0 Å². The number of hydrogen-bond acceptors (Lipinski definition) is 2. The number of anilines is 1. The van der Waals surface area contributed by atoms with Gasteiger partial charge in [0.25, 0.3) is 0 Å². The predicted molar refractivity (Wildman–Crippen MR) is 94.6 cm³/mol. The van der Waals surface area contributed by atoms with Crippen molar-refractivity contribution in [3.05, 3.63) is 65.2 Å². The van der Waals surface area contributed by atoms with Crippen LogP contribution in [-0.4, -0.2) is 23.8 Å². The van der Waals surface area contributed by atoms with Crippen molar-refractivity contribution in [2.75, 3.05) is 12.4 Å². The van der Waals surface area contributed by atoms with Crippen LogP contribution in [0.1, 0.15) is 12.0 Å². The fraction of sp³-hybridized carbons (Fsp3) is 0.263. The van der Waals surface area contributed by atoms with Gasteiger partial charge < -0.3 is 10.2 Å². The second-order valence-electron chi connectivity index (χ2n) is 6.13. The van der Waals surface area contributed by atoms with Crippen LogP contribution in [0.4, 0.5) is 5.69 Å². The molecule has 0 radical (unpaired) electrons. The molecule has 0 saturated heterocycles. The zero-order valence-corrected chi connectivity index (χ0v) is 14.2. The lowest BCUT2D eigenvalue weighted by atomic mass is 10.2. The van der Waals surface area contributed by atoms with Crippen LogP contribution in [0.25, 0.3) is 0 Å². The molecule has 1 aliphatic rings. The number of hydrogen-bond donors (Lipinski definition) is 1. The van der Waals surface area contributed by atoms with Crippen LogP contribution in [0.5, 0.6) is 0 Å². The quantitative estimate of drug-likeness (QED) is 0.903. The Balaban J connectivity index is 1.54. The molecular weight excluding hydrogens is 324 g/mol. The molecule has 1 saturated carbocycles. The van der Waals surface area contributed by atoms with E-state index in [4.69, 9.17) is 11.6 Å². The van der Waals surface area contributed by atoms with E-state index in [2.05, 4.69) is 5.32 Å². The number of rotatable bonds is 5. The Bertz CT molecular complexity index is 748. The molecule has 24 heavy (non-hydrogen) atoms. The normalized spacial score (nSPS) is 18.8. The summed E-state index contributed by atoms with van der Waals surface area (Å²) in [4.78, 5) is 26.4. The first-order valence-electron chi connectivity index (χ1n) is 7.90. The number of carbonyl (C=O) groups is 2. The minimum Gasteiger partial charge on any atom is -0.341 e. The number of nitrogens with one attached hydrogen (secondary N) is 1. The molecule has 1 aliphatic carbocycles. The van der Waals surface area contributed by atoms with Crippen LogP contribution in [0, 0.1) is 11.8 Å². The molecule has 1 fully saturated rings. The minimum absolute atomic E-state index is 0.0186. The third kappa shape index (κ3) is 3.95. The summed E-state index contributed by atoms with van der Waals surface area (Å²) < 4.78 is 0. The summed E-state index contributed by atoms with van der Waals surface area (Å²) in [5, 5.41) is 3.39. The highest BCUT2D eigenvalue weighted by Gasteiger charge is 2.49. The molecule has 0 spiro atoms. The van der Waals surface area contributed by atoms with Gasteiger partial charge in [-0.05, 0) is 30.2 Å². The molecule has 2 aromatic carbocycles. The van der Waals surface area contributed by atoms with Gasteiger partial charge in [0, 0.05) is 24.3 Å². The first-order chi connectivity index (χ1) is 11.5. The van der Waals surface area contributed by atoms with E-state index in [0.717, 1.165) is 5.56 Å². The van der Waals surface area contributed by atoms with Crippen molar-refractivity contribution in [3.8, 4) is 0 Å². The lowest BCUT2D eigenvalue weighted by molar-refractivity contribution is -0.133. The molecule has 2 unspecified atom stereocenters. The zero-order valence-electron chi connectivity index (χ0n) is 13.4. The molecular formula is C19H19ClN2O2. The molecule has 124 valence electrons. The van der Waals surface area contributed by atoms with E-state index in [1.54, 1.807) is 36.2 Å². The molecule has 0 aromatic heterocycles. The average Bonchev–Trinajstić information content (AvgIpc) is 3.36. The van der Waals surface area contributed by atoms with Gasteiger partial charge in [0.05, 0.1) is 11.8 Å². The Morgan fingerprint density at radius 2 is 1.88 bits per heavy atom. The van der Waals surface area contributed by atoms with Crippen molar-refractivity contribution in [1.29, 1.82) is 0 Å². The van der Waals surface area contributed by atoms with Crippen LogP contribution >= 0.6 is 11.6 Å². The monoisotopic (exact) mass is 342 g/mol. The van der Waals surface area contributed by atoms with Crippen molar-refractivity contribution in [2.24, 2.45) is 11.8 Å². The summed E-state index contributed by atoms with van der Waals surface area (Å²) in [5.74, 6) is -0.582. The highest BCUT2D eigenvalue weighted by molar-refractivity contribution is 6.30. The van der Waals surface area contributed by atoms with Crippen molar-refractivity contribution >= 4 is 29.1 Å². The molecule has 0 aliphatic heterocycles. The van der Waals surface area contributed by atoms with Crippen LogP contribution in [-0.2, 0) is 16.1 Å². The van der Waals surface area contributed by atoms with Gasteiger partial charge in [-0.15, -0.1) is 0 Å². The molecule has 0 bridgehead atoms. The standard InChI is InChI=1S/C19H19ClN2O2/c1-22(12-13-6-3-2-4-7-13)19(24)17-11-16(17)18(23)21-15-9-5-8-14(20)10-15/h2-10,16-17H,11-12H2,1H3,(H,21,23). The van der Waals surface area contributed by atoms with Crippen molar-refractivity contribution in [2.45, 2.75) is 13.0 Å². The smallest absolute Gasteiger partial charge is 0.228 e. The fourth-order valence-corrected chi connectivity index (χ4v) is 2.97. The molecule has 4 nitrogen and oxygen atoms in total. The van der Waals surface area contributed by atoms with E-state index in [9.17, 15) is 9.59 Å². The van der Waals surface area contributed by atoms with Gasteiger partial charge in [0.2, 0.25) is 11.8 Å². The van der Waals surface area contributed by atoms with Gasteiger partial charge in [-0.3, -0.25) is 9.59 Å². The van der Waals surface area contributed by atoms with Crippen LogP contribution in [0.15, 0.2) is 54.6 Å². The van der Waals surface area contributed by atoms with Gasteiger partial charge in [-0.1, -0.05) is 48.0 Å². The molecule has 0 heterocycles. The predicted octanol–water partition coefficient (Wildman–Crippen LogP) is 3.57. The summed E-state index contributed by atoms with van der Waals surface area (Å²) in [6.45, 7) is 0.554. The van der Waals surface area contributed by atoms with Crippen LogP contribution < -0.4 is 5.32 Å². The van der Waals surface area contributed by atoms with E-state index in [1.807, 2.05) is 30.3 Å². The van der Waals surface area contributed by atoms with Gasteiger partial charge in [0.15, 0.2) is 0 Å². The van der Waals surface area contributed by atoms with Gasteiger partial charge in [-0.25, -0.2) is 0 Å². The molecule has 2 atom stereocenters. The van der Waals surface area contributed by atoms with Gasteiger partial charge >= 0.3 is 0 Å². The molecule has 3 rings (SSSR count). The molecule has 2 amide bonds. The zero-order chi connectivity index (χ0) is 17.1. The maximum atomic E-state index is 12.5. The van der Waals surface area contributed by atoms with Crippen molar-refractivity contribution in [1.82, 2.24) is 4.90 Å². The summed E-state index contributed by atoms with van der Waals surface area (Å²) in [7, 11) is 1.78.